The van der Waals surface area contributed by atoms with Crippen molar-refractivity contribution in [2.24, 2.45) is 0 Å². The molecule has 0 amide bonds. The summed E-state index contributed by atoms with van der Waals surface area (Å²) in [5.41, 5.74) is 4.07. The van der Waals surface area contributed by atoms with Gasteiger partial charge in [-0.3, -0.25) is 0 Å². The lowest BCUT2D eigenvalue weighted by atomic mass is 9.98. The molecule has 0 heterocycles. The molecule has 1 unspecified atom stereocenters. The van der Waals surface area contributed by atoms with E-state index in [4.69, 9.17) is 14.2 Å². The van der Waals surface area contributed by atoms with Crippen LogP contribution >= 0.6 is 203 Å². The number of halogens is 9. The van der Waals surface area contributed by atoms with E-state index in [0.29, 0.717) is 16.7 Å². The lowest BCUT2D eigenvalue weighted by Crippen LogP contribution is -2.26. The lowest BCUT2D eigenvalue weighted by Gasteiger charge is -2.26. The molecule has 99 heavy (non-hydrogen) atoms. The molecule has 18 heteroatoms. The van der Waals surface area contributed by atoms with E-state index < -0.39 is 5.60 Å². The van der Waals surface area contributed by atoms with Crippen LogP contribution in [0.3, 0.4) is 0 Å². The van der Waals surface area contributed by atoms with Gasteiger partial charge in [-0.25, -0.2) is 14.4 Å². The minimum Gasteiger partial charge on any atom is -0.457 e. The molecule has 0 saturated heterocycles. The summed E-state index contributed by atoms with van der Waals surface area (Å²) in [6.07, 6.45) is -0.341. The normalized spacial score (nSPS) is 11.4. The van der Waals surface area contributed by atoms with E-state index in [0.717, 1.165) is 48.8 Å². The van der Waals surface area contributed by atoms with Crippen molar-refractivity contribution in [3.05, 3.63) is 357 Å². The molecule has 0 N–H and O–H groups in total. The molecule has 0 spiro atoms. The van der Waals surface area contributed by atoms with Crippen LogP contribution in [0.2, 0.25) is 0 Å². The highest BCUT2D eigenvalue weighted by Crippen LogP contribution is 2.38. The van der Waals surface area contributed by atoms with Gasteiger partial charge in [0.1, 0.15) is 18.3 Å². The van der Waals surface area contributed by atoms with Crippen LogP contribution in [-0.4, -0.2) is 17.9 Å². The third kappa shape index (κ3) is 20.8. The maximum atomic E-state index is 13.1. The average Bonchev–Trinajstić information content (AvgIpc) is 0.813. The largest absolute Gasteiger partial charge is 0.457 e. The van der Waals surface area contributed by atoms with Crippen molar-refractivity contribution in [3.8, 4) is 0 Å². The van der Waals surface area contributed by atoms with E-state index in [1.54, 1.807) is 0 Å². The lowest BCUT2D eigenvalue weighted by molar-refractivity contribution is -0.00345. The number of ether oxygens (including phenoxy) is 3. The van der Waals surface area contributed by atoms with Crippen molar-refractivity contribution in [2.75, 3.05) is 0 Å². The van der Waals surface area contributed by atoms with Crippen LogP contribution < -0.4 is 0 Å². The molecule has 0 aliphatic carbocycles. The first-order chi connectivity index (χ1) is 47.8. The predicted octanol–water partition coefficient (Wildman–Crippen LogP) is 25.2. The van der Waals surface area contributed by atoms with Crippen molar-refractivity contribution in [3.63, 3.8) is 0 Å². The van der Waals surface area contributed by atoms with Gasteiger partial charge in [-0.15, -0.1) is 0 Å². The highest BCUT2D eigenvalue weighted by atomic mass is 127. The maximum Gasteiger partial charge on any atom is 0.341 e. The van der Waals surface area contributed by atoms with Crippen molar-refractivity contribution in [2.45, 2.75) is 83.1 Å². The third-order valence-electron chi connectivity index (χ3n) is 15.1. The first kappa shape index (κ1) is 78.3. The molecule has 498 valence electrons. The first-order valence-corrected chi connectivity index (χ1v) is 44.0. The Kier molecular flexibility index (Phi) is 30.1. The van der Waals surface area contributed by atoms with Crippen molar-refractivity contribution < 1.29 is 28.6 Å². The van der Waals surface area contributed by atoms with Gasteiger partial charge in [0.15, 0.2) is 44.1 Å². The predicted molar refractivity (Wildman–Crippen MR) is 480 cm³/mol. The Balaban J connectivity index is 0.000000161. The molecule has 1 atom stereocenters. The van der Waals surface area contributed by atoms with E-state index in [2.05, 4.69) is 422 Å². The quantitative estimate of drug-likeness (QED) is 0.0280. The van der Waals surface area contributed by atoms with Crippen molar-refractivity contribution >= 4 is 254 Å². The van der Waals surface area contributed by atoms with E-state index in [1.165, 1.54) is 44.1 Å². The first-order valence-electron chi connectivity index (χ1n) is 30.6. The van der Waals surface area contributed by atoms with E-state index in [1.807, 2.05) is 93.6 Å². The maximum absolute atomic E-state index is 13.1. The molecule has 12 aromatic rings. The Morgan fingerprint density at radius 2 is 0.586 bits per heavy atom. The molecule has 12 rings (SSSR count). The Bertz CT molecular complexity index is 4590. The second-order valence-corrected chi connectivity index (χ2v) is 38.5. The number of benzene rings is 12. The minimum atomic E-state index is -0.763. The van der Waals surface area contributed by atoms with E-state index in [-0.39, 0.29) is 63.3 Å². The van der Waals surface area contributed by atoms with Crippen LogP contribution in [0.25, 0.3) is 0 Å². The zero-order valence-electron chi connectivity index (χ0n) is 53.1. The molecule has 0 aliphatic heterocycles. The molecule has 0 radical (unpaired) electrons. The van der Waals surface area contributed by atoms with Crippen LogP contribution in [0, 0.1) is 32.1 Å². The molecule has 0 aromatic heterocycles. The number of carbonyl (C=O) groups is 3. The Labute approximate surface area is 711 Å². The van der Waals surface area contributed by atoms with Crippen LogP contribution in [0.15, 0.2) is 335 Å². The number of esters is 3. The summed E-state index contributed by atoms with van der Waals surface area (Å²) in [6.45, 7) is 6.07. The molecule has 12 aromatic carbocycles. The minimum absolute atomic E-state index is 0.185. The molecule has 0 aliphatic rings. The molecule has 6 nitrogen and oxygen atoms in total. The van der Waals surface area contributed by atoms with Crippen molar-refractivity contribution in [1.29, 1.82) is 0 Å². The fourth-order valence-corrected chi connectivity index (χ4v) is 23.4. The van der Waals surface area contributed by atoms with Gasteiger partial charge in [-0.1, -0.05) is 146 Å². The fourth-order valence-electron chi connectivity index (χ4n) is 10.1. The summed E-state index contributed by atoms with van der Waals surface area (Å²) in [4.78, 5) is 50.1. The zero-order chi connectivity index (χ0) is 70.2. The summed E-state index contributed by atoms with van der Waals surface area (Å²) in [5, 5.41) is 0. The number of rotatable bonds is 18. The zero-order valence-corrected chi connectivity index (χ0v) is 74.9. The third-order valence-corrected chi connectivity index (χ3v) is 33.7. The summed E-state index contributed by atoms with van der Waals surface area (Å²) in [6, 6.07) is 101. The number of hydrogen-bond donors (Lipinski definition) is 0. The Morgan fingerprint density at radius 3 is 0.909 bits per heavy atom. The van der Waals surface area contributed by atoms with Crippen molar-refractivity contribution in [1.82, 2.24) is 0 Å². The Hall–Kier alpha value is -3.33. The van der Waals surface area contributed by atoms with E-state index in [9.17, 15) is 14.4 Å². The summed E-state index contributed by atoms with van der Waals surface area (Å²) < 4.78 is 26.2. The van der Waals surface area contributed by atoms with Gasteiger partial charge in [-0.05, 0) is 386 Å². The second kappa shape index (κ2) is 38.1. The SMILES string of the molecule is CC(C)(OC(=O)c1c(I)ccc(I)c1I)c1ccc([S+](c2ccccc2)c2ccccc2)cc1.CC(OC(=O)c1c(I)ccc(I)c1I)c1ccc([S+](c2ccccc2)c2ccccc2)cc1.O=C(OCc1ccc([S+](c2ccccc2)c2ccccc2)cc1)c1c(I)ccc(I)c1I. The molecule has 0 fully saturated rings. The van der Waals surface area contributed by atoms with Gasteiger partial charge < -0.3 is 14.2 Å². The van der Waals surface area contributed by atoms with Crippen LogP contribution in [0.1, 0.15) is 74.6 Å². The monoisotopic (exact) mass is 2370 g/mol. The summed E-state index contributed by atoms with van der Waals surface area (Å²) in [7, 11) is -0.590. The van der Waals surface area contributed by atoms with Crippen LogP contribution in [0.4, 0.5) is 0 Å². The van der Waals surface area contributed by atoms with Gasteiger partial charge in [0.05, 0.1) is 49.4 Å². The van der Waals surface area contributed by atoms with Gasteiger partial charge >= 0.3 is 17.9 Å². The fraction of sp³-hybridized carbons (Fsp3) is 0.0741. The van der Waals surface area contributed by atoms with Gasteiger partial charge in [0, 0.05) is 32.1 Å². The van der Waals surface area contributed by atoms with Gasteiger partial charge in [0.2, 0.25) is 0 Å². The Morgan fingerprint density at radius 1 is 0.323 bits per heavy atom. The van der Waals surface area contributed by atoms with E-state index >= 15 is 0 Å². The van der Waals surface area contributed by atoms with Crippen LogP contribution in [0.5, 0.6) is 0 Å². The highest BCUT2D eigenvalue weighted by molar-refractivity contribution is 14.1. The average molecular weight is 2370 g/mol. The number of hydrogen-bond acceptors (Lipinski definition) is 6. The topological polar surface area (TPSA) is 78.9 Å². The molecule has 0 bridgehead atoms. The summed E-state index contributed by atoms with van der Waals surface area (Å²) >= 11 is 20.0. The standard InChI is InChI=1S/C28H22I3O2S.C27H20I3O2S.C26H18I3O2S/c1-28(2,33-27(32)25-23(29)17-18-24(30)26(25)31)19-13-15-22(16-14-19)34(20-9-5-3-6-10-20)21-11-7-4-8-12-21;1-18(32-27(31)25-23(28)16-17-24(29)26(25)30)19-12-14-22(15-13-19)33(20-8-4-2-5-9-20)21-10-6-3-7-11-21;27-22-15-16-23(28)25(29)24(22)26(30)31-17-18-11-13-21(14-12-18)32(19-7-3-1-4-8-19)20-9-5-2-6-10-20/h3-18H,1-2H3;2-18H,1H3;1-16H,17H2/q3*+1. The molecular formula is C81H60I9O6S3+3. The highest BCUT2D eigenvalue weighted by Gasteiger charge is 2.34. The van der Waals surface area contributed by atoms with Gasteiger partial charge in [-0.2, -0.15) is 0 Å². The molecule has 0 saturated carbocycles. The number of carbonyl (C=O) groups excluding carboxylic acids is 3. The van der Waals surface area contributed by atoms with Gasteiger partial charge in [0.25, 0.3) is 0 Å². The second-order valence-electron chi connectivity index (χ2n) is 22.2. The van der Waals surface area contributed by atoms with Crippen LogP contribution in [-0.2, 0) is 59.1 Å². The smallest absolute Gasteiger partial charge is 0.341 e. The molecular weight excluding hydrogens is 2310 g/mol. The summed E-state index contributed by atoms with van der Waals surface area (Å²) in [5.74, 6) is -0.864.